The van der Waals surface area contributed by atoms with Crippen LogP contribution in [0.15, 0.2) is 12.7 Å². The number of rotatable bonds is 4. The third-order valence-corrected chi connectivity index (χ3v) is 3.68. The van der Waals surface area contributed by atoms with E-state index in [9.17, 15) is 19.5 Å². The standard InChI is InChI=1S/C10H14N5O6P.2Na/c11-8-7-9(13-3-12-7)14-4-15(8)10(16)1-6(2-21-10)20-5-22(17,18)19;;/h3-4,6,16H,1-2,5,11H2,(H2,17,18,19);;/q;2*+1/p-2/t6-,10?;;/m1../s1. The fourth-order valence-electron chi connectivity index (χ4n) is 2.21. The second-order valence-corrected chi connectivity index (χ2v) is 6.31. The Morgan fingerprint density at radius 1 is 1.46 bits per heavy atom. The van der Waals surface area contributed by atoms with E-state index in [0.29, 0.717) is 11.5 Å². The number of aliphatic hydroxyl groups is 1. The maximum Gasteiger partial charge on any atom is 1.00 e. The van der Waals surface area contributed by atoms with Crippen molar-refractivity contribution in [2.24, 2.45) is 0 Å². The van der Waals surface area contributed by atoms with E-state index in [4.69, 9.17) is 15.2 Å². The molecule has 3 aliphatic rings. The van der Waals surface area contributed by atoms with Gasteiger partial charge in [0.15, 0.2) is 5.82 Å². The molecule has 3 heterocycles. The Kier molecular flexibility index (Phi) is 7.83. The third kappa shape index (κ3) is 4.76. The quantitative estimate of drug-likeness (QED) is 0.386. The van der Waals surface area contributed by atoms with E-state index < -0.39 is 26.0 Å². The summed E-state index contributed by atoms with van der Waals surface area (Å²) >= 11 is 0. The fraction of sp³-hybridized carbons (Fsp3) is 0.500. The predicted molar refractivity (Wildman–Crippen MR) is 67.0 cm³/mol. The van der Waals surface area contributed by atoms with Crippen molar-refractivity contribution in [2.75, 3.05) is 18.7 Å². The first-order valence-corrected chi connectivity index (χ1v) is 7.94. The maximum absolute atomic E-state index is 10.6. The summed E-state index contributed by atoms with van der Waals surface area (Å²) in [5.74, 6) is -1.46. The van der Waals surface area contributed by atoms with Gasteiger partial charge in [0.25, 0.3) is 5.91 Å². The Hall–Kier alpha value is 0.380. The zero-order valence-corrected chi connectivity index (χ0v) is 18.0. The molecule has 0 saturated carbocycles. The van der Waals surface area contributed by atoms with Crippen LogP contribution in [0, 0.1) is 0 Å². The van der Waals surface area contributed by atoms with Gasteiger partial charge < -0.3 is 34.7 Å². The van der Waals surface area contributed by atoms with Crippen molar-refractivity contribution in [3.05, 3.63) is 12.7 Å². The Morgan fingerprint density at radius 2 is 2.17 bits per heavy atom. The summed E-state index contributed by atoms with van der Waals surface area (Å²) in [6, 6.07) is 0. The summed E-state index contributed by atoms with van der Waals surface area (Å²) in [6.07, 6.45) is 0.658. The van der Waals surface area contributed by atoms with Gasteiger partial charge in [-0.1, -0.05) is 0 Å². The second kappa shape index (κ2) is 8.38. The van der Waals surface area contributed by atoms with E-state index in [1.807, 2.05) is 0 Å². The number of fused-ring (bicyclic) bond motifs is 1. The third-order valence-electron chi connectivity index (χ3n) is 3.22. The number of nitrogens with two attached hydrogens (primary N) is 1. The molecule has 1 saturated heterocycles. The van der Waals surface area contributed by atoms with Crippen molar-refractivity contribution in [1.29, 1.82) is 0 Å². The number of ether oxygens (including phenoxy) is 2. The molecule has 2 atom stereocenters. The molecule has 3 rings (SSSR count). The molecule has 0 aromatic carbocycles. The summed E-state index contributed by atoms with van der Waals surface area (Å²) in [6.45, 7) is -0.104. The molecule has 11 nitrogen and oxygen atoms in total. The SMILES string of the molecule is Nc1c2ncnc-2ncn1C1(O)C[C@@H](OCP(=O)([O-])[O-])CO1.[Na+].[Na+]. The molecule has 0 aromatic rings. The molecule has 0 aliphatic carbocycles. The van der Waals surface area contributed by atoms with Crippen LogP contribution < -0.4 is 74.6 Å². The smallest absolute Gasteiger partial charge is 0.809 e. The van der Waals surface area contributed by atoms with Gasteiger partial charge in [0.05, 0.1) is 25.5 Å². The molecule has 0 spiro atoms. The van der Waals surface area contributed by atoms with Crippen LogP contribution in [0.3, 0.4) is 0 Å². The summed E-state index contributed by atoms with van der Waals surface area (Å²) in [7, 11) is -4.79. The number of nitrogens with zero attached hydrogens (tertiary/aromatic N) is 4. The maximum atomic E-state index is 10.6. The Bertz CT molecular complexity index is 713. The summed E-state index contributed by atoms with van der Waals surface area (Å²) < 4.78 is 21.9. The first-order valence-electron chi connectivity index (χ1n) is 6.21. The molecule has 14 heteroatoms. The van der Waals surface area contributed by atoms with Crippen LogP contribution in [-0.4, -0.2) is 43.7 Å². The summed E-state index contributed by atoms with van der Waals surface area (Å²) in [5.41, 5.74) is 6.21. The van der Waals surface area contributed by atoms with Crippen LogP contribution in [-0.2, 0) is 19.9 Å². The normalized spacial score (nSPS) is 23.7. The van der Waals surface area contributed by atoms with Crippen LogP contribution >= 0.6 is 7.60 Å². The van der Waals surface area contributed by atoms with Crippen molar-refractivity contribution in [3.63, 3.8) is 0 Å². The first-order chi connectivity index (χ1) is 10.3. The number of hydrogen-bond acceptors (Lipinski definition) is 10. The largest absolute Gasteiger partial charge is 1.00 e. The molecular formula is C10H12N5Na2O6P. The number of aromatic nitrogens is 4. The van der Waals surface area contributed by atoms with E-state index in [1.165, 1.54) is 12.7 Å². The fourth-order valence-corrected chi connectivity index (χ4v) is 2.61. The van der Waals surface area contributed by atoms with Crippen molar-refractivity contribution in [1.82, 2.24) is 19.5 Å². The Morgan fingerprint density at radius 3 is 2.83 bits per heavy atom. The van der Waals surface area contributed by atoms with Gasteiger partial charge in [-0.15, -0.1) is 0 Å². The number of nitrogen functional groups attached to an aromatic ring is 1. The second-order valence-electron chi connectivity index (χ2n) is 4.83. The number of hydrogen-bond donors (Lipinski definition) is 2. The van der Waals surface area contributed by atoms with Gasteiger partial charge in [-0.05, 0) is 7.60 Å². The van der Waals surface area contributed by atoms with Crippen molar-refractivity contribution in [3.8, 4) is 11.5 Å². The van der Waals surface area contributed by atoms with E-state index >= 15 is 0 Å². The molecular weight excluding hydrogens is 363 g/mol. The average Bonchev–Trinajstić information content (AvgIpc) is 3.03. The van der Waals surface area contributed by atoms with Gasteiger partial charge in [-0.2, -0.15) is 0 Å². The van der Waals surface area contributed by atoms with Crippen LogP contribution in [0.1, 0.15) is 6.42 Å². The molecule has 0 amide bonds. The van der Waals surface area contributed by atoms with Crippen molar-refractivity contribution >= 4 is 13.4 Å². The molecule has 1 fully saturated rings. The molecule has 1 unspecified atom stereocenters. The van der Waals surface area contributed by atoms with Crippen LogP contribution in [0.25, 0.3) is 11.5 Å². The minimum absolute atomic E-state index is 0. The van der Waals surface area contributed by atoms with Crippen molar-refractivity contribution in [2.45, 2.75) is 18.4 Å². The van der Waals surface area contributed by atoms with Gasteiger partial charge in [0.2, 0.25) is 0 Å². The van der Waals surface area contributed by atoms with E-state index in [0.717, 1.165) is 4.57 Å². The number of anilines is 1. The predicted octanol–water partition coefficient (Wildman–Crippen LogP) is -8.35. The summed E-state index contributed by atoms with van der Waals surface area (Å²) in [4.78, 5) is 33.0. The van der Waals surface area contributed by atoms with E-state index in [1.54, 1.807) is 0 Å². The molecule has 120 valence electrons. The van der Waals surface area contributed by atoms with Crippen LogP contribution in [0.4, 0.5) is 5.82 Å². The van der Waals surface area contributed by atoms with E-state index in [-0.39, 0.29) is 78.0 Å². The first kappa shape index (κ1) is 22.4. The van der Waals surface area contributed by atoms with Gasteiger partial charge in [-0.25, -0.2) is 15.0 Å². The van der Waals surface area contributed by atoms with Crippen LogP contribution in [0.2, 0.25) is 0 Å². The van der Waals surface area contributed by atoms with Gasteiger partial charge >= 0.3 is 59.1 Å². The minimum Gasteiger partial charge on any atom is -0.809 e. The molecule has 3 aliphatic heterocycles. The van der Waals surface area contributed by atoms with Gasteiger partial charge in [0.1, 0.15) is 24.2 Å². The molecule has 3 N–H and O–H groups in total. The zero-order valence-electron chi connectivity index (χ0n) is 13.2. The average molecular weight is 375 g/mol. The Balaban J connectivity index is 0.00000144. The molecule has 0 bridgehead atoms. The van der Waals surface area contributed by atoms with Crippen molar-refractivity contribution < 1.29 is 88.0 Å². The van der Waals surface area contributed by atoms with E-state index in [2.05, 4.69) is 15.0 Å². The van der Waals surface area contributed by atoms with Gasteiger partial charge in [-0.3, -0.25) is 4.57 Å². The van der Waals surface area contributed by atoms with Gasteiger partial charge in [0, 0.05) is 0 Å². The monoisotopic (exact) mass is 375 g/mol. The minimum atomic E-state index is -4.79. The molecule has 0 aromatic heterocycles. The molecule has 24 heavy (non-hydrogen) atoms. The van der Waals surface area contributed by atoms with Crippen LogP contribution in [0.5, 0.6) is 0 Å². The Labute approximate surface area is 181 Å². The number of imidazole rings is 1. The topological polar surface area (TPSA) is 172 Å². The zero-order chi connectivity index (χ0) is 16.0. The molecule has 0 radical (unpaired) electrons. The summed E-state index contributed by atoms with van der Waals surface area (Å²) in [5, 5.41) is 10.5.